The van der Waals surface area contributed by atoms with Crippen molar-refractivity contribution in [1.82, 2.24) is 4.90 Å². The molecule has 1 aromatic rings. The minimum absolute atomic E-state index is 0.0632. The number of aryl methyl sites for hydroxylation is 1. The number of allylic oxidation sites excluding steroid dienone is 4. The van der Waals surface area contributed by atoms with Crippen LogP contribution in [0.25, 0.3) is 0 Å². The van der Waals surface area contributed by atoms with E-state index in [4.69, 9.17) is 0 Å². The first-order valence-corrected chi connectivity index (χ1v) is 11.2. The zero-order valence-corrected chi connectivity index (χ0v) is 17.6. The highest BCUT2D eigenvalue weighted by molar-refractivity contribution is 5.95. The molecule has 2 saturated carbocycles. The number of carbonyl (C=O) groups excluding carboxylic acids is 1. The van der Waals surface area contributed by atoms with Gasteiger partial charge in [0.15, 0.2) is 0 Å². The zero-order chi connectivity index (χ0) is 21.3. The van der Waals surface area contributed by atoms with Crippen LogP contribution in [-0.4, -0.2) is 34.6 Å². The second kappa shape index (κ2) is 8.62. The third-order valence-electron chi connectivity index (χ3n) is 7.32. The lowest BCUT2D eigenvalue weighted by atomic mass is 9.61. The van der Waals surface area contributed by atoms with Crippen LogP contribution in [0.5, 0.6) is 0 Å². The van der Waals surface area contributed by atoms with Crippen molar-refractivity contribution in [1.29, 1.82) is 0 Å². The second-order valence-corrected chi connectivity index (χ2v) is 9.28. The number of aliphatic hydroxyl groups is 1. The van der Waals surface area contributed by atoms with Crippen molar-refractivity contribution in [3.63, 3.8) is 0 Å². The van der Waals surface area contributed by atoms with Crippen LogP contribution >= 0.6 is 0 Å². The van der Waals surface area contributed by atoms with Gasteiger partial charge in [0.2, 0.25) is 0 Å². The summed E-state index contributed by atoms with van der Waals surface area (Å²) in [6.07, 6.45) is 11.9. The Labute approximate surface area is 177 Å². The summed E-state index contributed by atoms with van der Waals surface area (Å²) in [4.78, 5) is 15.2. The number of carbonyl (C=O) groups is 1. The first-order valence-electron chi connectivity index (χ1n) is 11.2. The fraction of sp³-hybridized carbons (Fsp3) is 0.560. The normalized spacial score (nSPS) is 28.9. The molecular weight excluding hydrogens is 384 g/mol. The standard InChI is InChI=1S/C25H31F2NO2/c1-17-2-9-22(23(27)16-17)24(30)28(20-7-8-20)21-10-12-25(13-11-21,14-15-29)18-3-5-19(26)6-4-18/h2-3,5-6,9,16,18,20-21,29H,4,7-8,10-15H2,1H3. The highest BCUT2D eigenvalue weighted by Crippen LogP contribution is 2.50. The molecule has 0 bridgehead atoms. The number of amides is 1. The molecule has 1 amide bonds. The van der Waals surface area contributed by atoms with Gasteiger partial charge in [-0.1, -0.05) is 12.1 Å². The van der Waals surface area contributed by atoms with E-state index in [9.17, 15) is 18.7 Å². The molecule has 1 atom stereocenters. The van der Waals surface area contributed by atoms with Crippen LogP contribution in [0.4, 0.5) is 8.78 Å². The van der Waals surface area contributed by atoms with Crippen LogP contribution in [-0.2, 0) is 0 Å². The molecule has 3 aliphatic carbocycles. The Hall–Kier alpha value is -2.01. The quantitative estimate of drug-likeness (QED) is 0.668. The summed E-state index contributed by atoms with van der Waals surface area (Å²) < 4.78 is 27.9. The smallest absolute Gasteiger partial charge is 0.257 e. The maximum Gasteiger partial charge on any atom is 0.257 e. The van der Waals surface area contributed by atoms with Crippen LogP contribution in [0.15, 0.2) is 42.3 Å². The predicted octanol–water partition coefficient (Wildman–Crippen LogP) is 5.48. The van der Waals surface area contributed by atoms with E-state index in [2.05, 4.69) is 0 Å². The van der Waals surface area contributed by atoms with Crippen molar-refractivity contribution >= 4 is 5.91 Å². The Morgan fingerprint density at radius 1 is 1.17 bits per heavy atom. The Bertz CT molecular complexity index is 851. The topological polar surface area (TPSA) is 40.5 Å². The summed E-state index contributed by atoms with van der Waals surface area (Å²) in [5.41, 5.74) is 0.904. The van der Waals surface area contributed by atoms with Gasteiger partial charge in [-0.15, -0.1) is 0 Å². The Morgan fingerprint density at radius 2 is 1.87 bits per heavy atom. The second-order valence-electron chi connectivity index (χ2n) is 9.28. The van der Waals surface area contributed by atoms with Gasteiger partial charge >= 0.3 is 0 Å². The lowest BCUT2D eigenvalue weighted by Crippen LogP contribution is -2.47. The number of benzene rings is 1. The van der Waals surface area contributed by atoms with Crippen LogP contribution < -0.4 is 0 Å². The third kappa shape index (κ3) is 4.22. The summed E-state index contributed by atoms with van der Waals surface area (Å²) >= 11 is 0. The molecule has 0 heterocycles. The molecule has 2 fully saturated rings. The molecule has 5 heteroatoms. The molecule has 30 heavy (non-hydrogen) atoms. The lowest BCUT2D eigenvalue weighted by Gasteiger charge is -2.47. The zero-order valence-electron chi connectivity index (χ0n) is 17.6. The molecule has 4 rings (SSSR count). The highest BCUT2D eigenvalue weighted by Gasteiger charge is 2.45. The minimum atomic E-state index is -0.447. The number of nitrogens with zero attached hydrogens (tertiary/aromatic N) is 1. The molecule has 3 nitrogen and oxygen atoms in total. The number of hydrogen-bond acceptors (Lipinski definition) is 2. The van der Waals surface area contributed by atoms with Gasteiger partial charge in [-0.2, -0.15) is 0 Å². The van der Waals surface area contributed by atoms with Gasteiger partial charge in [0.05, 0.1) is 5.56 Å². The molecule has 0 aromatic heterocycles. The Morgan fingerprint density at radius 3 is 2.43 bits per heavy atom. The number of aliphatic hydroxyl groups excluding tert-OH is 1. The SMILES string of the molecule is Cc1ccc(C(=O)N(C2CC2)C2CCC(CCO)(C3C=CC(F)=CC3)CC2)c(F)c1. The van der Waals surface area contributed by atoms with Gasteiger partial charge in [0.1, 0.15) is 11.6 Å². The number of rotatable bonds is 6. The summed E-state index contributed by atoms with van der Waals surface area (Å²) in [5.74, 6) is -0.621. The van der Waals surface area contributed by atoms with E-state index in [0.717, 1.165) is 44.1 Å². The van der Waals surface area contributed by atoms with Gasteiger partial charge in [0, 0.05) is 18.7 Å². The number of halogens is 2. The summed E-state index contributed by atoms with van der Waals surface area (Å²) in [6.45, 7) is 1.93. The maximum absolute atomic E-state index is 14.5. The van der Waals surface area contributed by atoms with E-state index < -0.39 is 5.82 Å². The fourth-order valence-corrected chi connectivity index (χ4v) is 5.45. The summed E-state index contributed by atoms with van der Waals surface area (Å²) in [6, 6.07) is 5.12. The predicted molar refractivity (Wildman–Crippen MR) is 113 cm³/mol. The van der Waals surface area contributed by atoms with Crippen molar-refractivity contribution in [3.05, 3.63) is 59.2 Å². The van der Waals surface area contributed by atoms with Crippen molar-refractivity contribution < 1.29 is 18.7 Å². The van der Waals surface area contributed by atoms with E-state index >= 15 is 0 Å². The van der Waals surface area contributed by atoms with Crippen molar-refractivity contribution in [2.45, 2.75) is 70.4 Å². The van der Waals surface area contributed by atoms with Gasteiger partial charge in [-0.3, -0.25) is 4.79 Å². The van der Waals surface area contributed by atoms with E-state index in [1.807, 2.05) is 17.9 Å². The van der Waals surface area contributed by atoms with Crippen LogP contribution in [0, 0.1) is 24.1 Å². The first-order chi connectivity index (χ1) is 14.4. The van der Waals surface area contributed by atoms with Crippen LogP contribution in [0.1, 0.15) is 67.3 Å². The monoisotopic (exact) mass is 415 g/mol. The van der Waals surface area contributed by atoms with Crippen molar-refractivity contribution in [3.8, 4) is 0 Å². The first kappa shape index (κ1) is 21.2. The molecule has 0 spiro atoms. The number of hydrogen-bond donors (Lipinski definition) is 1. The highest BCUT2D eigenvalue weighted by atomic mass is 19.1. The van der Waals surface area contributed by atoms with Crippen molar-refractivity contribution in [2.75, 3.05) is 6.61 Å². The van der Waals surface area contributed by atoms with E-state index in [-0.39, 0.29) is 47.3 Å². The molecule has 1 N–H and O–H groups in total. The minimum Gasteiger partial charge on any atom is -0.396 e. The molecule has 0 radical (unpaired) electrons. The lowest BCUT2D eigenvalue weighted by molar-refractivity contribution is 0.0293. The van der Waals surface area contributed by atoms with Gasteiger partial charge < -0.3 is 10.0 Å². The molecule has 0 saturated heterocycles. The third-order valence-corrected chi connectivity index (χ3v) is 7.32. The summed E-state index contributed by atoms with van der Waals surface area (Å²) in [7, 11) is 0. The van der Waals surface area contributed by atoms with E-state index in [1.165, 1.54) is 6.07 Å². The molecule has 3 aliphatic rings. The fourth-order valence-electron chi connectivity index (χ4n) is 5.45. The molecule has 162 valence electrons. The van der Waals surface area contributed by atoms with Crippen LogP contribution in [0.2, 0.25) is 0 Å². The van der Waals surface area contributed by atoms with E-state index in [0.29, 0.717) is 12.8 Å². The molecular formula is C25H31F2NO2. The maximum atomic E-state index is 14.5. The Kier molecular flexibility index (Phi) is 6.10. The molecule has 0 aliphatic heterocycles. The Balaban J connectivity index is 1.50. The molecule has 1 aromatic carbocycles. The largest absolute Gasteiger partial charge is 0.396 e. The average Bonchev–Trinajstić information content (AvgIpc) is 3.55. The van der Waals surface area contributed by atoms with Crippen molar-refractivity contribution in [2.24, 2.45) is 11.3 Å². The van der Waals surface area contributed by atoms with Gasteiger partial charge in [0.25, 0.3) is 5.91 Å². The molecule has 1 unspecified atom stereocenters. The van der Waals surface area contributed by atoms with Gasteiger partial charge in [-0.05, 0) is 99.5 Å². The van der Waals surface area contributed by atoms with Crippen LogP contribution in [0.3, 0.4) is 0 Å². The average molecular weight is 416 g/mol. The summed E-state index contributed by atoms with van der Waals surface area (Å²) in [5, 5.41) is 9.71. The van der Waals surface area contributed by atoms with Gasteiger partial charge in [-0.25, -0.2) is 8.78 Å². The van der Waals surface area contributed by atoms with E-state index in [1.54, 1.807) is 24.3 Å².